The lowest BCUT2D eigenvalue weighted by Gasteiger charge is -2.24. The highest BCUT2D eigenvalue weighted by Gasteiger charge is 2.24. The number of amides is 1. The summed E-state index contributed by atoms with van der Waals surface area (Å²) in [4.78, 5) is 19.6. The molecule has 0 spiro atoms. The Bertz CT molecular complexity index is 438. The molecule has 1 unspecified atom stereocenters. The van der Waals surface area contributed by atoms with Crippen molar-refractivity contribution in [2.75, 3.05) is 24.4 Å². The summed E-state index contributed by atoms with van der Waals surface area (Å²) in [7, 11) is 1.49. The van der Waals surface area contributed by atoms with Crippen LogP contribution in [0.4, 0.5) is 11.6 Å². The number of nitrogens with zero attached hydrogens (tertiary/aromatic N) is 2. The number of nitrogen functional groups attached to an aromatic ring is 1. The fourth-order valence-electron chi connectivity index (χ4n) is 1.85. The Morgan fingerprint density at radius 1 is 1.50 bits per heavy atom. The second kappa shape index (κ2) is 5.50. The first-order valence-electron chi connectivity index (χ1n) is 5.66. The van der Waals surface area contributed by atoms with Crippen LogP contribution in [0, 0.1) is 0 Å². The lowest BCUT2D eigenvalue weighted by Crippen LogP contribution is -2.44. The highest BCUT2D eigenvalue weighted by Crippen LogP contribution is 2.29. The van der Waals surface area contributed by atoms with E-state index in [0.29, 0.717) is 23.9 Å². The molecule has 0 radical (unpaired) electrons. The Morgan fingerprint density at radius 3 is 2.94 bits per heavy atom. The molecule has 0 saturated carbocycles. The van der Waals surface area contributed by atoms with Crippen molar-refractivity contribution in [3.05, 3.63) is 6.33 Å². The number of hydrogen-bond acceptors (Lipinski definition) is 7. The highest BCUT2D eigenvalue weighted by molar-refractivity contribution is 5.85. The minimum absolute atomic E-state index is 0.0378. The van der Waals surface area contributed by atoms with Gasteiger partial charge in [0.15, 0.2) is 11.6 Å². The van der Waals surface area contributed by atoms with Crippen molar-refractivity contribution >= 4 is 17.5 Å². The van der Waals surface area contributed by atoms with E-state index < -0.39 is 0 Å². The van der Waals surface area contributed by atoms with Gasteiger partial charge in [-0.05, 0) is 12.8 Å². The van der Waals surface area contributed by atoms with Gasteiger partial charge >= 0.3 is 0 Å². The van der Waals surface area contributed by atoms with Crippen LogP contribution in [0.3, 0.4) is 0 Å². The average molecular weight is 252 g/mol. The quantitative estimate of drug-likeness (QED) is 0.420. The topological polar surface area (TPSA) is 114 Å². The zero-order valence-corrected chi connectivity index (χ0v) is 10.1. The van der Waals surface area contributed by atoms with E-state index in [1.807, 2.05) is 0 Å². The molecular weight excluding hydrogens is 236 g/mol. The number of aromatic nitrogens is 2. The van der Waals surface area contributed by atoms with E-state index in [1.54, 1.807) is 0 Å². The maximum absolute atomic E-state index is 11.7. The first kappa shape index (κ1) is 12.4. The number of carbonyl (C=O) groups is 1. The second-order valence-corrected chi connectivity index (χ2v) is 3.88. The standard InChI is InChI=1S/C10H16N6O2/c1-18-7-8(13-5-14-9(7)16-11)15-6-3-2-4-12-10(6)17/h5-6H,2-4,11H2,1H3,(H,12,17)(H2,13,14,15,16). The maximum atomic E-state index is 11.7. The van der Waals surface area contributed by atoms with Crippen molar-refractivity contribution < 1.29 is 9.53 Å². The van der Waals surface area contributed by atoms with E-state index in [-0.39, 0.29) is 11.9 Å². The lowest BCUT2D eigenvalue weighted by atomic mass is 10.1. The molecule has 0 aliphatic carbocycles. The number of anilines is 2. The third kappa shape index (κ3) is 2.43. The van der Waals surface area contributed by atoms with Crippen LogP contribution in [0.25, 0.3) is 0 Å². The number of hydrazine groups is 1. The number of hydrogen-bond donors (Lipinski definition) is 4. The van der Waals surface area contributed by atoms with Crippen molar-refractivity contribution in [3.8, 4) is 5.75 Å². The molecule has 98 valence electrons. The third-order valence-corrected chi connectivity index (χ3v) is 2.74. The molecule has 1 fully saturated rings. The van der Waals surface area contributed by atoms with Gasteiger partial charge in [-0.3, -0.25) is 4.79 Å². The summed E-state index contributed by atoms with van der Waals surface area (Å²) in [5.74, 6) is 6.49. The van der Waals surface area contributed by atoms with Crippen LogP contribution >= 0.6 is 0 Å². The largest absolute Gasteiger partial charge is 0.490 e. The Labute approximate surface area is 104 Å². The molecule has 5 N–H and O–H groups in total. The molecule has 2 rings (SSSR count). The van der Waals surface area contributed by atoms with Crippen molar-refractivity contribution in [1.29, 1.82) is 0 Å². The number of nitrogens with one attached hydrogen (secondary N) is 3. The minimum atomic E-state index is -0.312. The number of piperidine rings is 1. The van der Waals surface area contributed by atoms with Gasteiger partial charge in [0.2, 0.25) is 11.7 Å². The number of methoxy groups -OCH3 is 1. The monoisotopic (exact) mass is 252 g/mol. The first-order valence-corrected chi connectivity index (χ1v) is 5.66. The summed E-state index contributed by atoms with van der Waals surface area (Å²) >= 11 is 0. The molecule has 1 aliphatic rings. The van der Waals surface area contributed by atoms with Crippen LogP contribution in [0.5, 0.6) is 5.75 Å². The van der Waals surface area contributed by atoms with Crippen LogP contribution < -0.4 is 26.6 Å². The van der Waals surface area contributed by atoms with Crippen LogP contribution in [0.2, 0.25) is 0 Å². The number of carbonyl (C=O) groups excluding carboxylic acids is 1. The number of ether oxygens (including phenoxy) is 1. The fourth-order valence-corrected chi connectivity index (χ4v) is 1.85. The molecule has 1 aliphatic heterocycles. The normalized spacial score (nSPS) is 19.0. The Kier molecular flexibility index (Phi) is 3.78. The fraction of sp³-hybridized carbons (Fsp3) is 0.500. The molecule has 0 bridgehead atoms. The predicted octanol–water partition coefficient (Wildman–Crippen LogP) is -0.539. The van der Waals surface area contributed by atoms with Gasteiger partial charge in [0.25, 0.3) is 0 Å². The van der Waals surface area contributed by atoms with Gasteiger partial charge in [0, 0.05) is 6.54 Å². The van der Waals surface area contributed by atoms with Crippen LogP contribution in [0.15, 0.2) is 6.33 Å². The zero-order chi connectivity index (χ0) is 13.0. The molecule has 1 amide bonds. The molecule has 1 saturated heterocycles. The summed E-state index contributed by atoms with van der Waals surface area (Å²) < 4.78 is 5.18. The van der Waals surface area contributed by atoms with Gasteiger partial charge in [-0.1, -0.05) is 0 Å². The molecular formula is C10H16N6O2. The molecule has 1 aromatic rings. The molecule has 1 atom stereocenters. The van der Waals surface area contributed by atoms with Crippen molar-refractivity contribution in [2.45, 2.75) is 18.9 Å². The SMILES string of the molecule is COc1c(NN)ncnc1NC1CCCNC1=O. The summed E-state index contributed by atoms with van der Waals surface area (Å²) in [6.07, 6.45) is 3.03. The first-order chi connectivity index (χ1) is 8.76. The van der Waals surface area contributed by atoms with E-state index in [4.69, 9.17) is 10.6 Å². The van der Waals surface area contributed by atoms with E-state index in [9.17, 15) is 4.79 Å². The van der Waals surface area contributed by atoms with Gasteiger partial charge in [0.1, 0.15) is 12.4 Å². The van der Waals surface area contributed by atoms with Gasteiger partial charge in [-0.25, -0.2) is 15.8 Å². The average Bonchev–Trinajstić information content (AvgIpc) is 2.41. The Morgan fingerprint density at radius 2 is 2.28 bits per heavy atom. The van der Waals surface area contributed by atoms with E-state index in [0.717, 1.165) is 12.8 Å². The Balaban J connectivity index is 2.20. The van der Waals surface area contributed by atoms with Crippen molar-refractivity contribution in [2.24, 2.45) is 5.84 Å². The summed E-state index contributed by atoms with van der Waals surface area (Å²) in [6, 6.07) is -0.312. The molecule has 8 heteroatoms. The van der Waals surface area contributed by atoms with Gasteiger partial charge in [0.05, 0.1) is 7.11 Å². The number of nitrogens with two attached hydrogens (primary N) is 1. The minimum Gasteiger partial charge on any atom is -0.490 e. The van der Waals surface area contributed by atoms with E-state index in [2.05, 4.69) is 26.0 Å². The summed E-state index contributed by atoms with van der Waals surface area (Å²) in [5.41, 5.74) is 2.42. The van der Waals surface area contributed by atoms with Crippen LogP contribution in [-0.4, -0.2) is 35.6 Å². The molecule has 18 heavy (non-hydrogen) atoms. The molecule has 2 heterocycles. The smallest absolute Gasteiger partial charge is 0.242 e. The second-order valence-electron chi connectivity index (χ2n) is 3.88. The van der Waals surface area contributed by atoms with Crippen LogP contribution in [0.1, 0.15) is 12.8 Å². The summed E-state index contributed by atoms with van der Waals surface area (Å²) in [6.45, 7) is 0.716. The number of rotatable bonds is 4. The Hall–Kier alpha value is -2.09. The van der Waals surface area contributed by atoms with Crippen molar-refractivity contribution in [3.63, 3.8) is 0 Å². The molecule has 1 aromatic heterocycles. The summed E-state index contributed by atoms with van der Waals surface area (Å²) in [5, 5.41) is 5.83. The van der Waals surface area contributed by atoms with E-state index >= 15 is 0 Å². The van der Waals surface area contributed by atoms with Crippen molar-refractivity contribution in [1.82, 2.24) is 15.3 Å². The maximum Gasteiger partial charge on any atom is 0.242 e. The predicted molar refractivity (Wildman–Crippen MR) is 66.0 cm³/mol. The van der Waals surface area contributed by atoms with E-state index in [1.165, 1.54) is 13.4 Å². The third-order valence-electron chi connectivity index (χ3n) is 2.74. The lowest BCUT2D eigenvalue weighted by molar-refractivity contribution is -0.123. The molecule has 0 aromatic carbocycles. The van der Waals surface area contributed by atoms with Gasteiger partial charge < -0.3 is 20.8 Å². The van der Waals surface area contributed by atoms with Gasteiger partial charge in [-0.2, -0.15) is 0 Å². The van der Waals surface area contributed by atoms with Crippen LogP contribution in [-0.2, 0) is 4.79 Å². The molecule has 8 nitrogen and oxygen atoms in total. The van der Waals surface area contributed by atoms with Gasteiger partial charge in [-0.15, -0.1) is 0 Å². The highest BCUT2D eigenvalue weighted by atomic mass is 16.5. The zero-order valence-electron chi connectivity index (χ0n) is 10.1.